The van der Waals surface area contributed by atoms with Crippen LogP contribution in [0.1, 0.15) is 34.1 Å². The number of hydrogen-bond acceptors (Lipinski definition) is 4. The van der Waals surface area contributed by atoms with E-state index in [2.05, 4.69) is 5.16 Å². The van der Waals surface area contributed by atoms with E-state index < -0.39 is 14.3 Å². The Balaban J connectivity index is 4.69. The molecular formula is C10H21NO3Si. The maximum absolute atomic E-state index is 11.6. The fraction of sp³-hybridized carbons (Fsp3) is 0.800. The van der Waals surface area contributed by atoms with Gasteiger partial charge in [0.05, 0.1) is 0 Å². The van der Waals surface area contributed by atoms with Crippen molar-refractivity contribution in [1.82, 2.24) is 0 Å². The van der Waals surface area contributed by atoms with Gasteiger partial charge in [-0.05, 0) is 24.6 Å². The van der Waals surface area contributed by atoms with Crippen LogP contribution in [-0.2, 0) is 9.22 Å². The molecule has 0 bridgehead atoms. The molecule has 0 spiro atoms. The average Bonchev–Trinajstić information content (AvgIpc) is 2.03. The Morgan fingerprint density at radius 2 is 1.87 bits per heavy atom. The van der Waals surface area contributed by atoms with Crippen molar-refractivity contribution in [2.45, 2.75) is 52.2 Å². The Hall–Kier alpha value is -0.843. The summed E-state index contributed by atoms with van der Waals surface area (Å²) in [5.41, 5.74) is 0.0832. The lowest BCUT2D eigenvalue weighted by atomic mass is 10.2. The molecule has 0 aromatic rings. The SMILES string of the molecule is CCC(=NO)C(=O)O[Si](C)(C)C(C)(C)C. The second-order valence-corrected chi connectivity index (χ2v) is 9.77. The number of carbonyl (C=O) groups is 1. The van der Waals surface area contributed by atoms with Gasteiger partial charge in [0, 0.05) is 0 Å². The van der Waals surface area contributed by atoms with Crippen LogP contribution in [0.4, 0.5) is 0 Å². The number of oxime groups is 1. The lowest BCUT2D eigenvalue weighted by Crippen LogP contribution is -2.44. The van der Waals surface area contributed by atoms with Crippen molar-refractivity contribution in [2.75, 3.05) is 0 Å². The first-order valence-electron chi connectivity index (χ1n) is 5.10. The number of hydrogen-bond donors (Lipinski definition) is 1. The van der Waals surface area contributed by atoms with Crippen molar-refractivity contribution in [3.8, 4) is 0 Å². The van der Waals surface area contributed by atoms with Gasteiger partial charge in [0.1, 0.15) is 0 Å². The molecule has 0 fully saturated rings. The van der Waals surface area contributed by atoms with Crippen LogP contribution in [0, 0.1) is 0 Å². The maximum Gasteiger partial charge on any atom is 0.342 e. The molecule has 0 radical (unpaired) electrons. The molecule has 0 amide bonds. The van der Waals surface area contributed by atoms with Crippen LogP contribution in [0.15, 0.2) is 5.16 Å². The van der Waals surface area contributed by atoms with Crippen molar-refractivity contribution >= 4 is 20.0 Å². The molecule has 5 heteroatoms. The van der Waals surface area contributed by atoms with Crippen molar-refractivity contribution in [3.63, 3.8) is 0 Å². The van der Waals surface area contributed by atoms with Crippen molar-refractivity contribution in [3.05, 3.63) is 0 Å². The van der Waals surface area contributed by atoms with Crippen molar-refractivity contribution < 1.29 is 14.4 Å². The fourth-order valence-electron chi connectivity index (χ4n) is 0.700. The van der Waals surface area contributed by atoms with Crippen LogP contribution in [0.3, 0.4) is 0 Å². The summed E-state index contributed by atoms with van der Waals surface area (Å²) in [6.07, 6.45) is 0.379. The predicted molar refractivity (Wildman–Crippen MR) is 62.8 cm³/mol. The molecule has 1 N–H and O–H groups in total. The Labute approximate surface area is 92.4 Å². The molecule has 0 aliphatic rings. The highest BCUT2D eigenvalue weighted by Gasteiger charge is 2.41. The smallest absolute Gasteiger partial charge is 0.342 e. The third-order valence-electron chi connectivity index (χ3n) is 2.85. The number of carbonyl (C=O) groups excluding carboxylic acids is 1. The highest BCUT2D eigenvalue weighted by Crippen LogP contribution is 2.36. The topological polar surface area (TPSA) is 58.9 Å². The number of rotatable bonds is 3. The zero-order valence-electron chi connectivity index (χ0n) is 10.4. The number of nitrogens with zero attached hydrogens (tertiary/aromatic N) is 1. The zero-order valence-corrected chi connectivity index (χ0v) is 11.4. The minimum atomic E-state index is -2.10. The standard InChI is InChI=1S/C10H21NO3Si/c1-7-8(11-13)9(12)14-15(5,6)10(2,3)4/h13H,7H2,1-6H3. The van der Waals surface area contributed by atoms with Crippen LogP contribution in [-0.4, -0.2) is 25.2 Å². The third kappa shape index (κ3) is 3.66. The lowest BCUT2D eigenvalue weighted by molar-refractivity contribution is -0.128. The minimum Gasteiger partial charge on any atom is -0.515 e. The van der Waals surface area contributed by atoms with Crippen LogP contribution in [0.2, 0.25) is 18.1 Å². The quantitative estimate of drug-likeness (QED) is 0.351. The molecule has 88 valence electrons. The van der Waals surface area contributed by atoms with Gasteiger partial charge in [-0.25, -0.2) is 4.79 Å². The molecule has 0 heterocycles. The van der Waals surface area contributed by atoms with Gasteiger partial charge in [-0.3, -0.25) is 0 Å². The first-order chi connectivity index (χ1) is 6.65. The van der Waals surface area contributed by atoms with E-state index in [1.807, 2.05) is 33.9 Å². The Bertz CT molecular complexity index is 266. The molecule has 0 saturated carbocycles. The normalized spacial score (nSPS) is 13.9. The maximum atomic E-state index is 11.6. The summed E-state index contributed by atoms with van der Waals surface area (Å²) in [6.45, 7) is 11.9. The van der Waals surface area contributed by atoms with Crippen molar-refractivity contribution in [1.29, 1.82) is 0 Å². The highest BCUT2D eigenvalue weighted by molar-refractivity contribution is 6.76. The molecule has 0 saturated heterocycles. The summed E-state index contributed by atoms with van der Waals surface area (Å²) >= 11 is 0. The van der Waals surface area contributed by atoms with E-state index in [9.17, 15) is 4.79 Å². The molecule has 0 rings (SSSR count). The van der Waals surface area contributed by atoms with Gasteiger partial charge in [-0.15, -0.1) is 0 Å². The van der Waals surface area contributed by atoms with E-state index in [4.69, 9.17) is 9.63 Å². The lowest BCUT2D eigenvalue weighted by Gasteiger charge is -2.35. The molecule has 0 unspecified atom stereocenters. The first kappa shape index (κ1) is 14.2. The van der Waals surface area contributed by atoms with E-state index in [-0.39, 0.29) is 10.7 Å². The largest absolute Gasteiger partial charge is 0.515 e. The molecule has 0 atom stereocenters. The predicted octanol–water partition coefficient (Wildman–Crippen LogP) is 2.78. The van der Waals surface area contributed by atoms with E-state index in [1.165, 1.54) is 0 Å². The molecule has 0 aromatic carbocycles. The molecular weight excluding hydrogens is 210 g/mol. The fourth-order valence-corrected chi connectivity index (χ4v) is 1.59. The summed E-state index contributed by atoms with van der Waals surface area (Å²) in [4.78, 5) is 11.6. The highest BCUT2D eigenvalue weighted by atomic mass is 28.4. The average molecular weight is 231 g/mol. The van der Waals surface area contributed by atoms with Gasteiger partial charge in [-0.2, -0.15) is 0 Å². The van der Waals surface area contributed by atoms with Gasteiger partial charge >= 0.3 is 5.97 Å². The van der Waals surface area contributed by atoms with Gasteiger partial charge in [0.15, 0.2) is 5.71 Å². The van der Waals surface area contributed by atoms with Crippen molar-refractivity contribution in [2.24, 2.45) is 5.16 Å². The second-order valence-electron chi connectivity index (χ2n) is 5.05. The van der Waals surface area contributed by atoms with E-state index in [1.54, 1.807) is 6.92 Å². The monoisotopic (exact) mass is 231 g/mol. The summed E-state index contributed by atoms with van der Waals surface area (Å²) < 4.78 is 5.46. The van der Waals surface area contributed by atoms with Crippen LogP contribution >= 0.6 is 0 Å². The summed E-state index contributed by atoms with van der Waals surface area (Å²) in [7, 11) is -2.10. The van der Waals surface area contributed by atoms with Crippen LogP contribution in [0.25, 0.3) is 0 Å². The Morgan fingerprint density at radius 1 is 1.40 bits per heavy atom. The minimum absolute atomic E-state index is 0.0308. The van der Waals surface area contributed by atoms with Gasteiger partial charge in [0.2, 0.25) is 0 Å². The summed E-state index contributed by atoms with van der Waals surface area (Å²) in [5.74, 6) is -0.494. The second kappa shape index (κ2) is 4.79. The molecule has 0 aromatic heterocycles. The summed E-state index contributed by atoms with van der Waals surface area (Å²) in [5, 5.41) is 11.5. The zero-order chi connectivity index (χ0) is 12.3. The van der Waals surface area contributed by atoms with Crippen LogP contribution < -0.4 is 0 Å². The summed E-state index contributed by atoms with van der Waals surface area (Å²) in [6, 6.07) is 0. The third-order valence-corrected chi connectivity index (χ3v) is 7.15. The van der Waals surface area contributed by atoms with E-state index in [0.29, 0.717) is 6.42 Å². The van der Waals surface area contributed by atoms with Crippen LogP contribution in [0.5, 0.6) is 0 Å². The van der Waals surface area contributed by atoms with E-state index in [0.717, 1.165) is 0 Å². The Morgan fingerprint density at radius 3 is 2.13 bits per heavy atom. The Kier molecular flexibility index (Phi) is 4.52. The van der Waals surface area contributed by atoms with Gasteiger partial charge in [-0.1, -0.05) is 32.9 Å². The molecule has 0 aliphatic heterocycles. The van der Waals surface area contributed by atoms with Gasteiger partial charge < -0.3 is 9.63 Å². The van der Waals surface area contributed by atoms with E-state index >= 15 is 0 Å². The first-order valence-corrected chi connectivity index (χ1v) is 8.00. The molecule has 15 heavy (non-hydrogen) atoms. The molecule has 4 nitrogen and oxygen atoms in total. The van der Waals surface area contributed by atoms with Gasteiger partial charge in [0.25, 0.3) is 8.32 Å². The molecule has 0 aliphatic carbocycles.